The van der Waals surface area contributed by atoms with Gasteiger partial charge in [-0.2, -0.15) is 0 Å². The lowest BCUT2D eigenvalue weighted by molar-refractivity contribution is -0.000644. The van der Waals surface area contributed by atoms with Gasteiger partial charge < -0.3 is 19.5 Å². The molecule has 0 aromatic carbocycles. The predicted molar refractivity (Wildman–Crippen MR) is 56.5 cm³/mol. The molecule has 1 unspecified atom stereocenters. The van der Waals surface area contributed by atoms with Gasteiger partial charge in [0, 0.05) is 19.7 Å². The van der Waals surface area contributed by atoms with Crippen molar-refractivity contribution in [2.75, 3.05) is 40.5 Å². The molecular formula is C10H23NO3. The third-order valence-electron chi connectivity index (χ3n) is 2.12. The third kappa shape index (κ3) is 7.26. The van der Waals surface area contributed by atoms with E-state index in [0.29, 0.717) is 32.4 Å². The molecule has 0 saturated carbocycles. The lowest BCUT2D eigenvalue weighted by Gasteiger charge is -2.23. The molecule has 0 aliphatic rings. The summed E-state index contributed by atoms with van der Waals surface area (Å²) in [4.78, 5) is 2.09. The zero-order valence-electron chi connectivity index (χ0n) is 9.69. The van der Waals surface area contributed by atoms with Crippen LogP contribution in [-0.4, -0.2) is 62.7 Å². The molecule has 0 bridgehead atoms. The Kier molecular flexibility index (Phi) is 8.08. The van der Waals surface area contributed by atoms with E-state index in [1.54, 1.807) is 7.11 Å². The van der Waals surface area contributed by atoms with Crippen LogP contribution in [-0.2, 0) is 9.47 Å². The Morgan fingerprint density at radius 1 is 1.29 bits per heavy atom. The van der Waals surface area contributed by atoms with E-state index in [-0.39, 0.29) is 0 Å². The van der Waals surface area contributed by atoms with Gasteiger partial charge >= 0.3 is 0 Å². The van der Waals surface area contributed by atoms with Crippen LogP contribution in [0.2, 0.25) is 0 Å². The molecule has 0 spiro atoms. The number of ether oxygens (including phenoxy) is 2. The highest BCUT2D eigenvalue weighted by Crippen LogP contribution is 1.96. The molecule has 4 nitrogen and oxygen atoms in total. The number of methoxy groups -OCH3 is 1. The van der Waals surface area contributed by atoms with Gasteiger partial charge in [-0.3, -0.25) is 0 Å². The normalized spacial score (nSPS) is 13.9. The largest absolute Gasteiger partial charge is 0.389 e. The summed E-state index contributed by atoms with van der Waals surface area (Å²) in [5.41, 5.74) is 0. The van der Waals surface area contributed by atoms with Crippen LogP contribution in [0.4, 0.5) is 0 Å². The van der Waals surface area contributed by atoms with Gasteiger partial charge in [0.1, 0.15) is 0 Å². The minimum atomic E-state index is -0.417. The quantitative estimate of drug-likeness (QED) is 0.581. The molecule has 86 valence electrons. The van der Waals surface area contributed by atoms with Crippen molar-refractivity contribution in [1.82, 2.24) is 4.90 Å². The second-order valence-electron chi connectivity index (χ2n) is 3.75. The number of nitrogens with zero attached hydrogens (tertiary/aromatic N) is 1. The van der Waals surface area contributed by atoms with Crippen molar-refractivity contribution in [3.8, 4) is 0 Å². The summed E-state index contributed by atoms with van der Waals surface area (Å²) in [7, 11) is 3.62. The molecule has 0 saturated heterocycles. The van der Waals surface area contributed by atoms with E-state index in [1.807, 2.05) is 7.05 Å². The molecule has 0 aliphatic carbocycles. The van der Waals surface area contributed by atoms with Crippen molar-refractivity contribution in [3.05, 3.63) is 0 Å². The smallest absolute Gasteiger partial charge is 0.0900 e. The Morgan fingerprint density at radius 2 is 1.93 bits per heavy atom. The van der Waals surface area contributed by atoms with Crippen LogP contribution in [0.25, 0.3) is 0 Å². The highest BCUT2D eigenvalue weighted by atomic mass is 16.5. The summed E-state index contributed by atoms with van der Waals surface area (Å²) in [6.07, 6.45) is -0.417. The van der Waals surface area contributed by atoms with E-state index in [4.69, 9.17) is 9.47 Å². The topological polar surface area (TPSA) is 41.9 Å². The lowest BCUT2D eigenvalue weighted by Crippen LogP contribution is -2.36. The molecule has 0 fully saturated rings. The maximum absolute atomic E-state index is 9.56. The first kappa shape index (κ1) is 13.8. The first-order chi connectivity index (χ1) is 6.57. The number of hydrogen-bond donors (Lipinski definition) is 1. The molecule has 0 aliphatic heterocycles. The summed E-state index contributed by atoms with van der Waals surface area (Å²) in [5.74, 6) is 0. The molecule has 14 heavy (non-hydrogen) atoms. The third-order valence-corrected chi connectivity index (χ3v) is 2.12. The van der Waals surface area contributed by atoms with Crippen molar-refractivity contribution in [1.29, 1.82) is 0 Å². The van der Waals surface area contributed by atoms with Gasteiger partial charge in [0.25, 0.3) is 0 Å². The number of likely N-dealkylation sites (N-methyl/N-ethyl adjacent to an activating group) is 1. The molecule has 1 N–H and O–H groups in total. The fraction of sp³-hybridized carbons (Fsp3) is 1.00. The monoisotopic (exact) mass is 205 g/mol. The van der Waals surface area contributed by atoms with Crippen molar-refractivity contribution in [2.45, 2.75) is 26.0 Å². The molecule has 0 radical (unpaired) electrons. The fourth-order valence-corrected chi connectivity index (χ4v) is 0.958. The second-order valence-corrected chi connectivity index (χ2v) is 3.75. The number of aliphatic hydroxyl groups excluding tert-OH is 1. The van der Waals surface area contributed by atoms with Crippen LogP contribution in [0, 0.1) is 0 Å². The Labute approximate surface area is 86.8 Å². The van der Waals surface area contributed by atoms with Gasteiger partial charge in [-0.1, -0.05) is 0 Å². The molecule has 4 heteroatoms. The van der Waals surface area contributed by atoms with E-state index in [1.165, 1.54) is 0 Å². The van der Waals surface area contributed by atoms with E-state index in [2.05, 4.69) is 18.7 Å². The van der Waals surface area contributed by atoms with E-state index < -0.39 is 6.10 Å². The molecule has 1 atom stereocenters. The zero-order valence-corrected chi connectivity index (χ0v) is 9.69. The minimum Gasteiger partial charge on any atom is -0.389 e. The Bertz CT molecular complexity index is 131. The first-order valence-electron chi connectivity index (χ1n) is 5.03. The maximum Gasteiger partial charge on any atom is 0.0900 e. The molecule has 0 aromatic heterocycles. The Hall–Kier alpha value is -0.160. The first-order valence-corrected chi connectivity index (χ1v) is 5.03. The number of hydrogen-bond acceptors (Lipinski definition) is 4. The van der Waals surface area contributed by atoms with Crippen LogP contribution in [0.15, 0.2) is 0 Å². The molecular weight excluding hydrogens is 182 g/mol. The highest BCUT2D eigenvalue weighted by Gasteiger charge is 2.10. The maximum atomic E-state index is 9.56. The van der Waals surface area contributed by atoms with Gasteiger partial charge in [-0.25, -0.2) is 0 Å². The molecule has 0 amide bonds. The van der Waals surface area contributed by atoms with Crippen LogP contribution in [0.3, 0.4) is 0 Å². The van der Waals surface area contributed by atoms with Crippen molar-refractivity contribution >= 4 is 0 Å². The molecule has 0 aromatic rings. The highest BCUT2D eigenvalue weighted by molar-refractivity contribution is 4.63. The van der Waals surface area contributed by atoms with Crippen LogP contribution < -0.4 is 0 Å². The predicted octanol–water partition coefficient (Wildman–Crippen LogP) is 0.351. The summed E-state index contributed by atoms with van der Waals surface area (Å²) in [6, 6.07) is 0.448. The average Bonchev–Trinajstić information content (AvgIpc) is 2.12. The van der Waals surface area contributed by atoms with Gasteiger partial charge in [0.2, 0.25) is 0 Å². The van der Waals surface area contributed by atoms with E-state index >= 15 is 0 Å². The van der Waals surface area contributed by atoms with Crippen LogP contribution >= 0.6 is 0 Å². The van der Waals surface area contributed by atoms with Gasteiger partial charge in [-0.05, 0) is 20.9 Å². The van der Waals surface area contributed by atoms with Gasteiger partial charge in [-0.15, -0.1) is 0 Å². The summed E-state index contributed by atoms with van der Waals surface area (Å²) in [6.45, 7) is 6.33. The van der Waals surface area contributed by atoms with Gasteiger partial charge in [0.15, 0.2) is 0 Å². The van der Waals surface area contributed by atoms with Crippen molar-refractivity contribution in [3.63, 3.8) is 0 Å². The molecule has 0 heterocycles. The zero-order chi connectivity index (χ0) is 11.0. The molecule has 0 rings (SSSR count). The average molecular weight is 205 g/mol. The van der Waals surface area contributed by atoms with Crippen LogP contribution in [0.5, 0.6) is 0 Å². The summed E-state index contributed by atoms with van der Waals surface area (Å²) < 4.78 is 10.0. The minimum absolute atomic E-state index is 0.375. The van der Waals surface area contributed by atoms with E-state index in [9.17, 15) is 5.11 Å². The van der Waals surface area contributed by atoms with Gasteiger partial charge in [0.05, 0.1) is 25.9 Å². The Morgan fingerprint density at radius 3 is 2.43 bits per heavy atom. The lowest BCUT2D eigenvalue weighted by atomic mass is 10.3. The Balaban J connectivity index is 3.40. The van der Waals surface area contributed by atoms with Crippen LogP contribution in [0.1, 0.15) is 13.8 Å². The fourth-order valence-electron chi connectivity index (χ4n) is 0.958. The summed E-state index contributed by atoms with van der Waals surface area (Å²) >= 11 is 0. The van der Waals surface area contributed by atoms with Crippen molar-refractivity contribution in [2.24, 2.45) is 0 Å². The standard InChI is InChI=1S/C10H23NO3/c1-9(2)11(3)7-10(12)8-14-6-5-13-4/h9-10,12H,5-8H2,1-4H3. The second kappa shape index (κ2) is 8.17. The number of rotatable bonds is 8. The van der Waals surface area contributed by atoms with Crippen molar-refractivity contribution < 1.29 is 14.6 Å². The SMILES string of the molecule is COCCOCC(O)CN(C)C(C)C. The van der Waals surface area contributed by atoms with E-state index in [0.717, 1.165) is 0 Å². The number of aliphatic hydroxyl groups is 1. The summed E-state index contributed by atoms with van der Waals surface area (Å²) in [5, 5.41) is 9.56.